The number of hydrogen-bond donors (Lipinski definition) is 1. The summed E-state index contributed by atoms with van der Waals surface area (Å²) in [5.74, 6) is 1.12. The van der Waals surface area contributed by atoms with Gasteiger partial charge in [-0.15, -0.1) is 0 Å². The van der Waals surface area contributed by atoms with Gasteiger partial charge in [-0.2, -0.15) is 0 Å². The van der Waals surface area contributed by atoms with E-state index in [1.807, 2.05) is 6.92 Å². The molecule has 1 atom stereocenters. The number of carbonyl (C=O) groups excluding carboxylic acids is 1. The third-order valence-electron chi connectivity index (χ3n) is 2.71. The van der Waals surface area contributed by atoms with Gasteiger partial charge in [-0.25, -0.2) is 0 Å². The number of methoxy groups -OCH3 is 2. The first-order valence-corrected chi connectivity index (χ1v) is 6.14. The second kappa shape index (κ2) is 6.89. The smallest absolute Gasteiger partial charge is 0.251 e. The molecule has 0 aromatic heterocycles. The topological polar surface area (TPSA) is 47.6 Å². The molecule has 1 amide bonds. The van der Waals surface area contributed by atoms with E-state index in [2.05, 4.69) is 12.2 Å². The second-order valence-electron chi connectivity index (χ2n) is 4.26. The highest BCUT2D eigenvalue weighted by atomic mass is 16.5. The molecule has 0 saturated heterocycles. The molecule has 4 heteroatoms. The minimum absolute atomic E-state index is 0.104. The normalized spacial score (nSPS) is 11.8. The molecule has 0 unspecified atom stereocenters. The van der Waals surface area contributed by atoms with Crippen LogP contribution in [-0.4, -0.2) is 26.2 Å². The molecule has 0 heterocycles. The summed E-state index contributed by atoms with van der Waals surface area (Å²) in [4.78, 5) is 12.0. The molecule has 0 aliphatic heterocycles. The fraction of sp³-hybridized carbons (Fsp3) is 0.500. The molecule has 18 heavy (non-hydrogen) atoms. The third-order valence-corrected chi connectivity index (χ3v) is 2.71. The van der Waals surface area contributed by atoms with E-state index >= 15 is 0 Å². The molecule has 1 N–H and O–H groups in total. The van der Waals surface area contributed by atoms with Gasteiger partial charge in [0.25, 0.3) is 5.91 Å². The van der Waals surface area contributed by atoms with Crippen molar-refractivity contribution in [2.45, 2.75) is 32.7 Å². The van der Waals surface area contributed by atoms with Crippen molar-refractivity contribution in [3.63, 3.8) is 0 Å². The van der Waals surface area contributed by atoms with Crippen LogP contribution in [0.3, 0.4) is 0 Å². The fourth-order valence-corrected chi connectivity index (χ4v) is 1.75. The van der Waals surface area contributed by atoms with Gasteiger partial charge >= 0.3 is 0 Å². The minimum atomic E-state index is -0.104. The van der Waals surface area contributed by atoms with Crippen LogP contribution in [-0.2, 0) is 0 Å². The molecule has 1 aromatic rings. The molecule has 0 fully saturated rings. The van der Waals surface area contributed by atoms with E-state index in [4.69, 9.17) is 9.47 Å². The number of hydrogen-bond acceptors (Lipinski definition) is 3. The van der Waals surface area contributed by atoms with Crippen molar-refractivity contribution in [2.24, 2.45) is 0 Å². The molecule has 0 aliphatic rings. The minimum Gasteiger partial charge on any atom is -0.497 e. The lowest BCUT2D eigenvalue weighted by Gasteiger charge is -2.14. The number of rotatable bonds is 6. The lowest BCUT2D eigenvalue weighted by Crippen LogP contribution is -2.32. The molecule has 1 aromatic carbocycles. The van der Waals surface area contributed by atoms with Crippen LogP contribution < -0.4 is 14.8 Å². The van der Waals surface area contributed by atoms with E-state index in [0.717, 1.165) is 12.8 Å². The Hall–Kier alpha value is -1.71. The SMILES string of the molecule is CCC[C@@H](C)NC(=O)c1cc(OC)cc(OC)c1. The van der Waals surface area contributed by atoms with Crippen LogP contribution in [0.4, 0.5) is 0 Å². The summed E-state index contributed by atoms with van der Waals surface area (Å²) in [6.07, 6.45) is 2.01. The van der Waals surface area contributed by atoms with Crippen LogP contribution in [0, 0.1) is 0 Å². The van der Waals surface area contributed by atoms with Gasteiger partial charge in [-0.1, -0.05) is 13.3 Å². The van der Waals surface area contributed by atoms with Crippen molar-refractivity contribution in [2.75, 3.05) is 14.2 Å². The Balaban J connectivity index is 2.84. The Morgan fingerprint density at radius 3 is 2.22 bits per heavy atom. The van der Waals surface area contributed by atoms with Crippen molar-refractivity contribution in [1.29, 1.82) is 0 Å². The highest BCUT2D eigenvalue weighted by Gasteiger charge is 2.12. The zero-order valence-corrected chi connectivity index (χ0v) is 11.4. The predicted molar refractivity (Wildman–Crippen MR) is 71.4 cm³/mol. The largest absolute Gasteiger partial charge is 0.497 e. The number of amides is 1. The number of benzene rings is 1. The predicted octanol–water partition coefficient (Wildman–Crippen LogP) is 2.62. The Morgan fingerprint density at radius 1 is 1.22 bits per heavy atom. The van der Waals surface area contributed by atoms with E-state index in [0.29, 0.717) is 17.1 Å². The Labute approximate surface area is 108 Å². The molecule has 4 nitrogen and oxygen atoms in total. The quantitative estimate of drug-likeness (QED) is 0.845. The first kappa shape index (κ1) is 14.4. The van der Waals surface area contributed by atoms with Crippen molar-refractivity contribution < 1.29 is 14.3 Å². The first-order valence-electron chi connectivity index (χ1n) is 6.14. The second-order valence-corrected chi connectivity index (χ2v) is 4.26. The van der Waals surface area contributed by atoms with Crippen molar-refractivity contribution >= 4 is 5.91 Å². The maximum atomic E-state index is 12.0. The zero-order chi connectivity index (χ0) is 13.5. The van der Waals surface area contributed by atoms with Crippen LogP contribution in [0.15, 0.2) is 18.2 Å². The summed E-state index contributed by atoms with van der Waals surface area (Å²) in [5.41, 5.74) is 0.550. The van der Waals surface area contributed by atoms with Gasteiger partial charge in [0.05, 0.1) is 14.2 Å². The van der Waals surface area contributed by atoms with Gasteiger partial charge in [0, 0.05) is 17.7 Å². The Bertz CT molecular complexity index is 382. The lowest BCUT2D eigenvalue weighted by molar-refractivity contribution is 0.0937. The summed E-state index contributed by atoms with van der Waals surface area (Å²) in [6.45, 7) is 4.09. The molecular weight excluding hydrogens is 230 g/mol. The van der Waals surface area contributed by atoms with Gasteiger partial charge in [0.2, 0.25) is 0 Å². The van der Waals surface area contributed by atoms with Crippen molar-refractivity contribution in [1.82, 2.24) is 5.32 Å². The molecule has 0 bridgehead atoms. The first-order chi connectivity index (χ1) is 8.60. The van der Waals surface area contributed by atoms with E-state index in [1.165, 1.54) is 0 Å². The van der Waals surface area contributed by atoms with E-state index in [9.17, 15) is 4.79 Å². The molecule has 1 rings (SSSR count). The molecule has 0 spiro atoms. The fourth-order valence-electron chi connectivity index (χ4n) is 1.75. The highest BCUT2D eigenvalue weighted by Crippen LogP contribution is 2.22. The molecule has 0 saturated carbocycles. The summed E-state index contributed by atoms with van der Waals surface area (Å²) >= 11 is 0. The number of ether oxygens (including phenoxy) is 2. The Morgan fingerprint density at radius 2 is 1.78 bits per heavy atom. The van der Waals surface area contributed by atoms with Crippen LogP contribution in [0.1, 0.15) is 37.0 Å². The number of carbonyl (C=O) groups is 1. The van der Waals surface area contributed by atoms with Crippen LogP contribution in [0.5, 0.6) is 11.5 Å². The monoisotopic (exact) mass is 251 g/mol. The third kappa shape index (κ3) is 3.95. The van der Waals surface area contributed by atoms with Gasteiger partial charge in [-0.3, -0.25) is 4.79 Å². The summed E-state index contributed by atoms with van der Waals surface area (Å²) in [7, 11) is 3.13. The van der Waals surface area contributed by atoms with Crippen LogP contribution in [0.25, 0.3) is 0 Å². The number of nitrogens with one attached hydrogen (secondary N) is 1. The van der Waals surface area contributed by atoms with E-state index in [1.54, 1.807) is 32.4 Å². The van der Waals surface area contributed by atoms with E-state index in [-0.39, 0.29) is 11.9 Å². The molecular formula is C14H21NO3. The summed E-state index contributed by atoms with van der Waals surface area (Å²) < 4.78 is 10.3. The zero-order valence-electron chi connectivity index (χ0n) is 11.4. The van der Waals surface area contributed by atoms with Gasteiger partial charge in [-0.05, 0) is 25.5 Å². The molecule has 0 radical (unpaired) electrons. The van der Waals surface area contributed by atoms with Crippen LogP contribution >= 0.6 is 0 Å². The lowest BCUT2D eigenvalue weighted by atomic mass is 10.1. The maximum absolute atomic E-state index is 12.0. The summed E-state index contributed by atoms with van der Waals surface area (Å²) in [5, 5.41) is 2.95. The van der Waals surface area contributed by atoms with Crippen molar-refractivity contribution in [3.8, 4) is 11.5 Å². The average molecular weight is 251 g/mol. The van der Waals surface area contributed by atoms with Gasteiger partial charge in [0.1, 0.15) is 11.5 Å². The Kier molecular flexibility index (Phi) is 5.49. The summed E-state index contributed by atoms with van der Waals surface area (Å²) in [6, 6.07) is 5.32. The van der Waals surface area contributed by atoms with Gasteiger partial charge < -0.3 is 14.8 Å². The maximum Gasteiger partial charge on any atom is 0.251 e. The molecule has 0 aliphatic carbocycles. The average Bonchev–Trinajstić information content (AvgIpc) is 2.38. The van der Waals surface area contributed by atoms with Crippen LogP contribution in [0.2, 0.25) is 0 Å². The van der Waals surface area contributed by atoms with Crippen molar-refractivity contribution in [3.05, 3.63) is 23.8 Å². The standard InChI is InChI=1S/C14H21NO3/c1-5-6-10(2)15-14(16)11-7-12(17-3)9-13(8-11)18-4/h7-10H,5-6H2,1-4H3,(H,15,16)/t10-/m1/s1. The van der Waals surface area contributed by atoms with Gasteiger partial charge in [0.15, 0.2) is 0 Å². The highest BCUT2D eigenvalue weighted by molar-refractivity contribution is 5.95. The molecule has 100 valence electrons. The van der Waals surface area contributed by atoms with E-state index < -0.39 is 0 Å².